The Kier molecular flexibility index (Phi) is 4.65. The van der Waals surface area contributed by atoms with Crippen LogP contribution < -0.4 is 10.6 Å². The second-order valence-electron chi connectivity index (χ2n) is 5.23. The number of nitrogens with zero attached hydrogens (tertiary/aromatic N) is 1. The number of aryl methyl sites for hydroxylation is 2. The smallest absolute Gasteiger partial charge is 0.276 e. The van der Waals surface area contributed by atoms with E-state index in [0.29, 0.717) is 12.2 Å². The van der Waals surface area contributed by atoms with Gasteiger partial charge in [0.25, 0.3) is 5.91 Å². The van der Waals surface area contributed by atoms with Crippen LogP contribution in [-0.4, -0.2) is 22.6 Å². The Hall–Kier alpha value is -1.85. The molecule has 3 rings (SSSR count). The molecule has 0 radical (unpaired) electrons. The van der Waals surface area contributed by atoms with Crippen LogP contribution in [0.4, 0.5) is 5.69 Å². The number of rotatable bonds is 2. The summed E-state index contributed by atoms with van der Waals surface area (Å²) in [6.45, 7) is 5.65. The van der Waals surface area contributed by atoms with Crippen LogP contribution in [0, 0.1) is 13.8 Å². The van der Waals surface area contributed by atoms with E-state index in [1.54, 1.807) is 0 Å². The molecule has 1 aromatic carbocycles. The van der Waals surface area contributed by atoms with E-state index in [-0.39, 0.29) is 18.3 Å². The Morgan fingerprint density at radius 1 is 1.33 bits per heavy atom. The number of anilines is 1. The predicted molar refractivity (Wildman–Crippen MR) is 85.1 cm³/mol. The lowest BCUT2D eigenvalue weighted by molar-refractivity contribution is 0.102. The Labute approximate surface area is 129 Å². The first-order valence-corrected chi connectivity index (χ1v) is 6.80. The molecule has 2 heterocycles. The van der Waals surface area contributed by atoms with Gasteiger partial charge in [-0.1, -0.05) is 17.7 Å². The fourth-order valence-electron chi connectivity index (χ4n) is 2.55. The summed E-state index contributed by atoms with van der Waals surface area (Å²) in [4.78, 5) is 12.4. The quantitative estimate of drug-likeness (QED) is 0.797. The molecule has 0 saturated heterocycles. The van der Waals surface area contributed by atoms with E-state index in [1.165, 1.54) is 5.56 Å². The summed E-state index contributed by atoms with van der Waals surface area (Å²) in [7, 11) is 0. The first-order chi connectivity index (χ1) is 9.65. The van der Waals surface area contributed by atoms with Crippen molar-refractivity contribution in [3.05, 3.63) is 46.3 Å². The summed E-state index contributed by atoms with van der Waals surface area (Å²) < 4.78 is 0. The molecule has 0 fully saturated rings. The largest absolute Gasteiger partial charge is 0.320 e. The molecule has 0 saturated carbocycles. The lowest BCUT2D eigenvalue weighted by atomic mass is 10.1. The number of nitrogens with one attached hydrogen (secondary N) is 3. The highest BCUT2D eigenvalue weighted by Gasteiger charge is 2.21. The zero-order valence-corrected chi connectivity index (χ0v) is 12.9. The molecular weight excluding hydrogens is 288 g/mol. The van der Waals surface area contributed by atoms with Crippen LogP contribution in [0.2, 0.25) is 0 Å². The van der Waals surface area contributed by atoms with Crippen LogP contribution in [0.3, 0.4) is 0 Å². The third kappa shape index (κ3) is 3.09. The first-order valence-electron chi connectivity index (χ1n) is 6.80. The summed E-state index contributed by atoms with van der Waals surface area (Å²) in [6, 6.07) is 5.97. The Balaban J connectivity index is 0.00000161. The number of H-pyrrole nitrogens is 1. The fraction of sp³-hybridized carbons (Fsp3) is 0.333. The number of carbonyl (C=O) groups excluding carboxylic acids is 1. The van der Waals surface area contributed by atoms with E-state index in [4.69, 9.17) is 0 Å². The molecule has 112 valence electrons. The molecule has 0 bridgehead atoms. The molecule has 0 aliphatic carbocycles. The van der Waals surface area contributed by atoms with Crippen LogP contribution >= 0.6 is 12.4 Å². The molecule has 1 aliphatic rings. The molecule has 3 N–H and O–H groups in total. The maximum Gasteiger partial charge on any atom is 0.276 e. The molecule has 2 aromatic rings. The zero-order valence-electron chi connectivity index (χ0n) is 12.1. The van der Waals surface area contributed by atoms with Crippen LogP contribution in [0.1, 0.15) is 32.9 Å². The second-order valence-corrected chi connectivity index (χ2v) is 5.23. The summed E-state index contributed by atoms with van der Waals surface area (Å²) in [5.41, 5.74) is 5.61. The SMILES string of the molecule is Cc1ccc(NC(=O)c2n[nH]c3c2CNCC3)c(C)c1.Cl. The van der Waals surface area contributed by atoms with Crippen LogP contribution in [-0.2, 0) is 13.0 Å². The normalized spacial score (nSPS) is 13.2. The molecule has 1 aromatic heterocycles. The standard InChI is InChI=1S/C15H18N4O.ClH/c1-9-3-4-12(10(2)7-9)17-15(20)14-11-8-16-6-5-13(11)18-19-14;/h3-4,7,16H,5-6,8H2,1-2H3,(H,17,20)(H,18,19);1H. The van der Waals surface area contributed by atoms with Crippen molar-refractivity contribution in [1.82, 2.24) is 15.5 Å². The number of halogens is 1. The van der Waals surface area contributed by atoms with Crippen molar-refractivity contribution in [1.29, 1.82) is 0 Å². The monoisotopic (exact) mass is 306 g/mol. The van der Waals surface area contributed by atoms with Crippen LogP contribution in [0.15, 0.2) is 18.2 Å². The van der Waals surface area contributed by atoms with Gasteiger partial charge in [0.2, 0.25) is 0 Å². The summed E-state index contributed by atoms with van der Waals surface area (Å²) >= 11 is 0. The minimum atomic E-state index is -0.154. The van der Waals surface area contributed by atoms with Gasteiger partial charge in [0, 0.05) is 36.5 Å². The number of benzene rings is 1. The van der Waals surface area contributed by atoms with E-state index in [2.05, 4.69) is 26.9 Å². The topological polar surface area (TPSA) is 69.8 Å². The van der Waals surface area contributed by atoms with Crippen molar-refractivity contribution in [2.75, 3.05) is 11.9 Å². The highest BCUT2D eigenvalue weighted by Crippen LogP contribution is 2.19. The lowest BCUT2D eigenvalue weighted by Crippen LogP contribution is -2.25. The third-order valence-corrected chi connectivity index (χ3v) is 3.65. The maximum atomic E-state index is 12.4. The van der Waals surface area contributed by atoms with E-state index in [9.17, 15) is 4.79 Å². The van der Waals surface area contributed by atoms with Crippen LogP contribution in [0.5, 0.6) is 0 Å². The van der Waals surface area contributed by atoms with Crippen molar-refractivity contribution in [2.45, 2.75) is 26.8 Å². The number of hydrogen-bond donors (Lipinski definition) is 3. The van der Waals surface area contributed by atoms with Crippen molar-refractivity contribution < 1.29 is 4.79 Å². The molecule has 1 aliphatic heterocycles. The molecule has 21 heavy (non-hydrogen) atoms. The average molecular weight is 307 g/mol. The Bertz CT molecular complexity index is 666. The van der Waals surface area contributed by atoms with Gasteiger partial charge in [-0.3, -0.25) is 9.89 Å². The predicted octanol–water partition coefficient (Wildman–Crippen LogP) is 2.35. The van der Waals surface area contributed by atoms with Crippen molar-refractivity contribution in [3.63, 3.8) is 0 Å². The number of aromatic amines is 1. The third-order valence-electron chi connectivity index (χ3n) is 3.65. The number of amides is 1. The number of hydrogen-bond acceptors (Lipinski definition) is 3. The van der Waals surface area contributed by atoms with E-state index in [0.717, 1.165) is 35.5 Å². The maximum absolute atomic E-state index is 12.4. The van der Waals surface area contributed by atoms with Gasteiger partial charge >= 0.3 is 0 Å². The van der Waals surface area contributed by atoms with E-state index >= 15 is 0 Å². The van der Waals surface area contributed by atoms with Gasteiger partial charge in [-0.2, -0.15) is 5.10 Å². The molecule has 6 heteroatoms. The van der Waals surface area contributed by atoms with Crippen LogP contribution in [0.25, 0.3) is 0 Å². The van der Waals surface area contributed by atoms with Crippen molar-refractivity contribution in [2.24, 2.45) is 0 Å². The number of aromatic nitrogens is 2. The lowest BCUT2D eigenvalue weighted by Gasteiger charge is -2.13. The fourth-order valence-corrected chi connectivity index (χ4v) is 2.55. The van der Waals surface area contributed by atoms with Crippen molar-refractivity contribution in [3.8, 4) is 0 Å². The Morgan fingerprint density at radius 2 is 2.14 bits per heavy atom. The van der Waals surface area contributed by atoms with Gasteiger partial charge in [0.05, 0.1) is 0 Å². The highest BCUT2D eigenvalue weighted by molar-refractivity contribution is 6.04. The minimum Gasteiger partial charge on any atom is -0.320 e. The summed E-state index contributed by atoms with van der Waals surface area (Å²) in [6.07, 6.45) is 0.888. The molecule has 0 atom stereocenters. The zero-order chi connectivity index (χ0) is 14.1. The molecule has 5 nitrogen and oxygen atoms in total. The summed E-state index contributed by atoms with van der Waals surface area (Å²) in [5, 5.41) is 13.3. The summed E-state index contributed by atoms with van der Waals surface area (Å²) in [5.74, 6) is -0.154. The highest BCUT2D eigenvalue weighted by atomic mass is 35.5. The minimum absolute atomic E-state index is 0. The molecule has 0 unspecified atom stereocenters. The molecular formula is C15H19ClN4O. The first kappa shape index (κ1) is 15.5. The van der Waals surface area contributed by atoms with Gasteiger partial charge in [-0.05, 0) is 25.5 Å². The van der Waals surface area contributed by atoms with E-state index in [1.807, 2.05) is 26.0 Å². The second kappa shape index (κ2) is 6.28. The average Bonchev–Trinajstić information content (AvgIpc) is 2.86. The van der Waals surface area contributed by atoms with Crippen molar-refractivity contribution >= 4 is 24.0 Å². The van der Waals surface area contributed by atoms with Gasteiger partial charge in [0.15, 0.2) is 5.69 Å². The van der Waals surface area contributed by atoms with E-state index < -0.39 is 0 Å². The number of carbonyl (C=O) groups is 1. The molecule has 0 spiro atoms. The Morgan fingerprint density at radius 3 is 2.90 bits per heavy atom. The number of fused-ring (bicyclic) bond motifs is 1. The molecule has 1 amide bonds. The van der Waals surface area contributed by atoms with Gasteiger partial charge in [0.1, 0.15) is 0 Å². The van der Waals surface area contributed by atoms with Gasteiger partial charge in [-0.15, -0.1) is 12.4 Å². The van der Waals surface area contributed by atoms with Gasteiger partial charge < -0.3 is 10.6 Å². The van der Waals surface area contributed by atoms with Gasteiger partial charge in [-0.25, -0.2) is 0 Å².